The first-order valence-corrected chi connectivity index (χ1v) is 6.59. The molecule has 0 fully saturated rings. The van der Waals surface area contributed by atoms with Gasteiger partial charge in [-0.15, -0.1) is 0 Å². The Morgan fingerprint density at radius 1 is 0.947 bits per heavy atom. The average Bonchev–Trinajstić information content (AvgIpc) is 2.37. The molecule has 0 bridgehead atoms. The molecule has 2 rings (SSSR count). The van der Waals surface area contributed by atoms with Crippen LogP contribution in [0.15, 0.2) is 48.5 Å². The van der Waals surface area contributed by atoms with Crippen LogP contribution in [0, 0.1) is 3.57 Å². The van der Waals surface area contributed by atoms with Gasteiger partial charge >= 0.3 is 6.18 Å². The summed E-state index contributed by atoms with van der Waals surface area (Å²) in [5.41, 5.74) is 0.112. The van der Waals surface area contributed by atoms with Gasteiger partial charge in [0, 0.05) is 9.13 Å². The predicted molar refractivity (Wildman–Crippen MR) is 74.9 cm³/mol. The van der Waals surface area contributed by atoms with Gasteiger partial charge in [0.15, 0.2) is 0 Å². The number of alkyl halides is 3. The van der Waals surface area contributed by atoms with Gasteiger partial charge < -0.3 is 4.74 Å². The summed E-state index contributed by atoms with van der Waals surface area (Å²) >= 11 is 2.13. The first-order valence-electron chi connectivity index (χ1n) is 5.51. The third-order valence-electron chi connectivity index (χ3n) is 2.53. The molecule has 0 aromatic heterocycles. The van der Waals surface area contributed by atoms with E-state index in [1.807, 2.05) is 24.3 Å². The van der Waals surface area contributed by atoms with Gasteiger partial charge in [-0.2, -0.15) is 13.2 Å². The van der Waals surface area contributed by atoms with Crippen molar-refractivity contribution >= 4 is 22.6 Å². The van der Waals surface area contributed by atoms with Crippen LogP contribution in [0.4, 0.5) is 13.2 Å². The molecule has 0 unspecified atom stereocenters. The summed E-state index contributed by atoms with van der Waals surface area (Å²) in [6.07, 6.45) is -4.40. The number of rotatable bonds is 3. The molecule has 0 amide bonds. The Bertz CT molecular complexity index is 567. The normalized spacial score (nSPS) is 11.4. The van der Waals surface area contributed by atoms with E-state index in [9.17, 15) is 13.2 Å². The molecule has 0 atom stereocenters. The molecular weight excluding hydrogens is 368 g/mol. The van der Waals surface area contributed by atoms with Gasteiger partial charge in [-0.05, 0) is 40.8 Å². The van der Waals surface area contributed by atoms with Crippen LogP contribution in [0.2, 0.25) is 0 Å². The smallest absolute Gasteiger partial charge is 0.419 e. The summed E-state index contributed by atoms with van der Waals surface area (Å²) in [7, 11) is 0. The van der Waals surface area contributed by atoms with Crippen LogP contribution >= 0.6 is 22.6 Å². The van der Waals surface area contributed by atoms with Crippen LogP contribution in [-0.2, 0) is 12.8 Å². The van der Waals surface area contributed by atoms with E-state index in [4.69, 9.17) is 4.74 Å². The van der Waals surface area contributed by atoms with E-state index in [-0.39, 0.29) is 12.4 Å². The zero-order chi connectivity index (χ0) is 13.9. The van der Waals surface area contributed by atoms with E-state index in [1.165, 1.54) is 18.2 Å². The van der Waals surface area contributed by atoms with Crippen molar-refractivity contribution in [2.45, 2.75) is 12.8 Å². The van der Waals surface area contributed by atoms with Gasteiger partial charge in [0.2, 0.25) is 0 Å². The van der Waals surface area contributed by atoms with Crippen LogP contribution in [0.3, 0.4) is 0 Å². The second-order valence-corrected chi connectivity index (χ2v) is 5.04. The van der Waals surface area contributed by atoms with Crippen LogP contribution in [0.25, 0.3) is 0 Å². The highest BCUT2D eigenvalue weighted by molar-refractivity contribution is 14.1. The summed E-state index contributed by atoms with van der Waals surface area (Å²) in [6.45, 7) is 0.117. The molecular formula is C14H10F3IO. The molecule has 0 spiro atoms. The lowest BCUT2D eigenvalue weighted by atomic mass is 10.2. The van der Waals surface area contributed by atoms with E-state index in [2.05, 4.69) is 22.6 Å². The third-order valence-corrected chi connectivity index (χ3v) is 3.59. The maximum Gasteiger partial charge on any atom is 0.419 e. The first kappa shape index (κ1) is 14.2. The summed E-state index contributed by atoms with van der Waals surface area (Å²) in [5.74, 6) is -0.144. The van der Waals surface area contributed by atoms with Gasteiger partial charge in [0.05, 0.1) is 5.56 Å². The highest BCUT2D eigenvalue weighted by atomic mass is 127. The Morgan fingerprint density at radius 2 is 1.58 bits per heavy atom. The molecule has 1 nitrogen and oxygen atoms in total. The van der Waals surface area contributed by atoms with E-state index in [1.54, 1.807) is 0 Å². The van der Waals surface area contributed by atoms with E-state index < -0.39 is 11.7 Å². The van der Waals surface area contributed by atoms with Crippen molar-refractivity contribution in [2.24, 2.45) is 0 Å². The number of ether oxygens (including phenoxy) is 1. The molecule has 0 aliphatic carbocycles. The largest absolute Gasteiger partial charge is 0.488 e. The summed E-state index contributed by atoms with van der Waals surface area (Å²) in [6, 6.07) is 12.6. The van der Waals surface area contributed by atoms with Crippen molar-refractivity contribution in [3.05, 3.63) is 63.2 Å². The van der Waals surface area contributed by atoms with Crippen LogP contribution in [-0.4, -0.2) is 0 Å². The molecule has 100 valence electrons. The number of halogens is 4. The fourth-order valence-corrected chi connectivity index (χ4v) is 2.14. The second kappa shape index (κ2) is 5.81. The minimum atomic E-state index is -4.40. The number of hydrogen-bond donors (Lipinski definition) is 0. The topological polar surface area (TPSA) is 9.23 Å². The molecule has 0 saturated heterocycles. The van der Waals surface area contributed by atoms with Crippen molar-refractivity contribution in [1.82, 2.24) is 0 Å². The highest BCUT2D eigenvalue weighted by Crippen LogP contribution is 2.36. The molecule has 2 aromatic carbocycles. The van der Waals surface area contributed by atoms with Gasteiger partial charge in [-0.25, -0.2) is 0 Å². The minimum Gasteiger partial charge on any atom is -0.488 e. The van der Waals surface area contributed by atoms with E-state index in [0.29, 0.717) is 0 Å². The zero-order valence-electron chi connectivity index (χ0n) is 9.75. The Balaban J connectivity index is 2.19. The lowest BCUT2D eigenvalue weighted by Crippen LogP contribution is -2.08. The standard InChI is InChI=1S/C14H10F3IO/c15-14(16,17)11-6-2-4-8-13(11)19-9-10-5-1-3-7-12(10)18/h1-8H,9H2. The third kappa shape index (κ3) is 3.62. The van der Waals surface area contributed by atoms with Crippen molar-refractivity contribution in [3.8, 4) is 5.75 Å². The molecule has 5 heteroatoms. The van der Waals surface area contributed by atoms with Crippen LogP contribution < -0.4 is 4.74 Å². The van der Waals surface area contributed by atoms with E-state index >= 15 is 0 Å². The number of hydrogen-bond acceptors (Lipinski definition) is 1. The van der Waals surface area contributed by atoms with Crippen molar-refractivity contribution in [2.75, 3.05) is 0 Å². The molecule has 0 radical (unpaired) electrons. The van der Waals surface area contributed by atoms with Gasteiger partial charge in [-0.3, -0.25) is 0 Å². The van der Waals surface area contributed by atoms with Gasteiger partial charge in [-0.1, -0.05) is 30.3 Å². The van der Waals surface area contributed by atoms with Crippen molar-refractivity contribution < 1.29 is 17.9 Å². The van der Waals surface area contributed by atoms with Gasteiger partial charge in [0.1, 0.15) is 12.4 Å². The summed E-state index contributed by atoms with van der Waals surface area (Å²) in [5, 5.41) is 0. The lowest BCUT2D eigenvalue weighted by Gasteiger charge is -2.14. The molecule has 0 N–H and O–H groups in total. The predicted octanol–water partition coefficient (Wildman–Crippen LogP) is 4.89. The molecule has 2 aromatic rings. The molecule has 0 saturated carbocycles. The fraction of sp³-hybridized carbons (Fsp3) is 0.143. The number of para-hydroxylation sites is 1. The molecule has 0 aliphatic rings. The fourth-order valence-electron chi connectivity index (χ4n) is 1.60. The maximum absolute atomic E-state index is 12.8. The second-order valence-electron chi connectivity index (χ2n) is 3.87. The Labute approximate surface area is 122 Å². The van der Waals surface area contributed by atoms with Crippen LogP contribution in [0.5, 0.6) is 5.75 Å². The Hall–Kier alpha value is -1.24. The highest BCUT2D eigenvalue weighted by Gasteiger charge is 2.33. The van der Waals surface area contributed by atoms with Crippen molar-refractivity contribution in [1.29, 1.82) is 0 Å². The minimum absolute atomic E-state index is 0.117. The van der Waals surface area contributed by atoms with Crippen molar-refractivity contribution in [3.63, 3.8) is 0 Å². The monoisotopic (exact) mass is 378 g/mol. The molecule has 19 heavy (non-hydrogen) atoms. The molecule has 0 heterocycles. The quantitative estimate of drug-likeness (QED) is 0.692. The van der Waals surface area contributed by atoms with Gasteiger partial charge in [0.25, 0.3) is 0 Å². The average molecular weight is 378 g/mol. The lowest BCUT2D eigenvalue weighted by molar-refractivity contribution is -0.139. The Kier molecular flexibility index (Phi) is 4.34. The maximum atomic E-state index is 12.8. The summed E-state index contributed by atoms with van der Waals surface area (Å²) < 4.78 is 44.6. The summed E-state index contributed by atoms with van der Waals surface area (Å²) in [4.78, 5) is 0. The molecule has 0 aliphatic heterocycles. The Morgan fingerprint density at radius 3 is 2.26 bits per heavy atom. The zero-order valence-corrected chi connectivity index (χ0v) is 11.9. The number of benzene rings is 2. The van der Waals surface area contributed by atoms with E-state index in [0.717, 1.165) is 15.2 Å². The van der Waals surface area contributed by atoms with Crippen LogP contribution in [0.1, 0.15) is 11.1 Å². The first-order chi connectivity index (χ1) is 8.98. The SMILES string of the molecule is FC(F)(F)c1ccccc1OCc1ccccc1I.